The number of benzene rings is 3. The van der Waals surface area contributed by atoms with Crippen molar-refractivity contribution in [3.05, 3.63) is 95.1 Å². The van der Waals surface area contributed by atoms with Crippen LogP contribution in [0.4, 0.5) is 4.79 Å². The molecule has 0 aromatic heterocycles. The van der Waals surface area contributed by atoms with Gasteiger partial charge in [0.1, 0.15) is 0 Å². The quantitative estimate of drug-likeness (QED) is 0.270. The zero-order valence-corrected chi connectivity index (χ0v) is 26.9. The lowest BCUT2D eigenvalue weighted by molar-refractivity contribution is 0.00114. The van der Waals surface area contributed by atoms with Gasteiger partial charge in [0.05, 0.1) is 25.0 Å². The van der Waals surface area contributed by atoms with E-state index < -0.39 is 39.7 Å². The lowest BCUT2D eigenvalue weighted by Gasteiger charge is -2.41. The number of aliphatic hydroxyl groups excluding tert-OH is 1. The Kier molecular flexibility index (Phi) is 11.2. The maximum absolute atomic E-state index is 13.2. The lowest BCUT2D eigenvalue weighted by Crippen LogP contribution is -2.53. The molecule has 0 heterocycles. The van der Waals surface area contributed by atoms with Gasteiger partial charge in [0.25, 0.3) is 5.91 Å². The summed E-state index contributed by atoms with van der Waals surface area (Å²) in [6, 6.07) is 22.1. The monoisotopic (exact) mass is 608 g/mol. The molecule has 2 N–H and O–H groups in total. The standard InChI is InChI=1S/C34H44N2O6S/c1-23(2)21-29-22-28(17-18-30(29)32(38)35-43(7,40)41)26-15-13-25(14-16-26)19-20-42-33(39)36(34(4,5)6)24(3)31(37)27-11-9-8-10-12-27/h8-18,22-24,31,37H,19-21H2,1-7H3,(H,35,38)/t24-,31-/m0/s1. The van der Waals surface area contributed by atoms with Crippen molar-refractivity contribution < 1.29 is 27.9 Å². The van der Waals surface area contributed by atoms with E-state index in [9.17, 15) is 23.1 Å². The van der Waals surface area contributed by atoms with Crippen LogP contribution in [0.3, 0.4) is 0 Å². The smallest absolute Gasteiger partial charge is 0.410 e. The molecule has 3 aromatic rings. The zero-order chi connectivity index (χ0) is 31.9. The first kappa shape index (κ1) is 33.8. The number of sulfonamides is 1. The van der Waals surface area contributed by atoms with Crippen molar-refractivity contribution in [2.24, 2.45) is 5.92 Å². The van der Waals surface area contributed by atoms with Gasteiger partial charge in [-0.25, -0.2) is 17.9 Å². The van der Waals surface area contributed by atoms with Crippen LogP contribution in [0, 0.1) is 5.92 Å². The van der Waals surface area contributed by atoms with Crippen LogP contribution >= 0.6 is 0 Å². The van der Waals surface area contributed by atoms with Gasteiger partial charge in [-0.2, -0.15) is 0 Å². The van der Waals surface area contributed by atoms with Crippen LogP contribution in [0.25, 0.3) is 11.1 Å². The highest BCUT2D eigenvalue weighted by atomic mass is 32.2. The molecule has 8 nitrogen and oxygen atoms in total. The molecule has 0 saturated carbocycles. The van der Waals surface area contributed by atoms with Crippen molar-refractivity contribution in [2.45, 2.75) is 72.1 Å². The van der Waals surface area contributed by atoms with Crippen LogP contribution in [0.15, 0.2) is 72.8 Å². The predicted molar refractivity (Wildman–Crippen MR) is 170 cm³/mol. The third-order valence-corrected chi connectivity index (χ3v) is 7.64. The average molecular weight is 609 g/mol. The van der Waals surface area contributed by atoms with E-state index in [2.05, 4.69) is 4.72 Å². The van der Waals surface area contributed by atoms with Gasteiger partial charge in [-0.1, -0.05) is 80.6 Å². The third-order valence-electron chi connectivity index (χ3n) is 7.08. The number of carbonyl (C=O) groups excluding carboxylic acids is 2. The maximum Gasteiger partial charge on any atom is 0.410 e. The van der Waals surface area contributed by atoms with Gasteiger partial charge < -0.3 is 9.84 Å². The van der Waals surface area contributed by atoms with Crippen LogP contribution in [0.1, 0.15) is 74.7 Å². The van der Waals surface area contributed by atoms with Crippen LogP contribution < -0.4 is 4.72 Å². The molecular formula is C34H44N2O6S. The molecule has 232 valence electrons. The van der Waals surface area contributed by atoms with Crippen molar-refractivity contribution in [1.29, 1.82) is 0 Å². The highest BCUT2D eigenvalue weighted by Gasteiger charge is 2.36. The van der Waals surface area contributed by atoms with Gasteiger partial charge >= 0.3 is 6.09 Å². The minimum Gasteiger partial charge on any atom is -0.449 e. The summed E-state index contributed by atoms with van der Waals surface area (Å²) in [5.41, 5.74) is 4.14. The molecule has 2 amide bonds. The highest BCUT2D eigenvalue weighted by molar-refractivity contribution is 7.89. The fourth-order valence-electron chi connectivity index (χ4n) is 5.14. The summed E-state index contributed by atoms with van der Waals surface area (Å²) >= 11 is 0. The molecule has 2 atom stereocenters. The minimum atomic E-state index is -3.67. The minimum absolute atomic E-state index is 0.182. The van der Waals surface area contributed by atoms with Crippen molar-refractivity contribution in [2.75, 3.05) is 12.9 Å². The SMILES string of the molecule is CC(C)Cc1cc(-c2ccc(CCOC(=O)N([C@@H](C)[C@H](O)c3ccccc3)C(C)(C)C)cc2)ccc1C(=O)NS(C)(=O)=O. The second kappa shape index (κ2) is 14.2. The highest BCUT2D eigenvalue weighted by Crippen LogP contribution is 2.28. The molecule has 9 heteroatoms. The van der Waals surface area contributed by atoms with E-state index in [1.807, 2.05) is 108 Å². The Labute approximate surface area is 256 Å². The molecule has 0 unspecified atom stereocenters. The number of amides is 2. The van der Waals surface area contributed by atoms with Crippen LogP contribution in [0.2, 0.25) is 0 Å². The number of aliphatic hydroxyl groups is 1. The maximum atomic E-state index is 13.2. The Morgan fingerprint density at radius 2 is 1.53 bits per heavy atom. The van der Waals surface area contributed by atoms with E-state index in [1.54, 1.807) is 11.0 Å². The van der Waals surface area contributed by atoms with Gasteiger partial charge in [-0.3, -0.25) is 9.69 Å². The molecule has 0 aliphatic carbocycles. The zero-order valence-electron chi connectivity index (χ0n) is 26.1. The van der Waals surface area contributed by atoms with E-state index in [0.717, 1.165) is 34.1 Å². The molecule has 3 aromatic carbocycles. The van der Waals surface area contributed by atoms with Gasteiger partial charge in [0.2, 0.25) is 10.0 Å². The van der Waals surface area contributed by atoms with Crippen molar-refractivity contribution in [3.8, 4) is 11.1 Å². The van der Waals surface area contributed by atoms with E-state index in [-0.39, 0.29) is 12.5 Å². The molecular weight excluding hydrogens is 564 g/mol. The third kappa shape index (κ3) is 9.66. The average Bonchev–Trinajstić information content (AvgIpc) is 2.91. The summed E-state index contributed by atoms with van der Waals surface area (Å²) in [6.45, 7) is 11.8. The van der Waals surface area contributed by atoms with Crippen LogP contribution in [-0.4, -0.2) is 54.9 Å². The Bertz CT molecular complexity index is 1500. The number of rotatable bonds is 11. The Morgan fingerprint density at radius 3 is 2.09 bits per heavy atom. The summed E-state index contributed by atoms with van der Waals surface area (Å²) in [7, 11) is -3.67. The summed E-state index contributed by atoms with van der Waals surface area (Å²) in [5, 5.41) is 10.9. The largest absolute Gasteiger partial charge is 0.449 e. The number of nitrogens with one attached hydrogen (secondary N) is 1. The first-order valence-electron chi connectivity index (χ1n) is 14.5. The molecule has 3 rings (SSSR count). The number of hydrogen-bond donors (Lipinski definition) is 2. The topological polar surface area (TPSA) is 113 Å². The summed E-state index contributed by atoms with van der Waals surface area (Å²) < 4.78 is 30.9. The molecule has 43 heavy (non-hydrogen) atoms. The van der Waals surface area contributed by atoms with E-state index in [4.69, 9.17) is 4.74 Å². The van der Waals surface area contributed by atoms with E-state index >= 15 is 0 Å². The summed E-state index contributed by atoms with van der Waals surface area (Å²) in [4.78, 5) is 27.4. The van der Waals surface area contributed by atoms with Gasteiger partial charge in [-0.15, -0.1) is 0 Å². The molecule has 0 spiro atoms. The Morgan fingerprint density at radius 1 is 0.930 bits per heavy atom. The van der Waals surface area contributed by atoms with Gasteiger partial charge in [0.15, 0.2) is 0 Å². The van der Waals surface area contributed by atoms with Gasteiger partial charge in [0, 0.05) is 17.5 Å². The Hall–Kier alpha value is -3.69. The fraction of sp³-hybridized carbons (Fsp3) is 0.412. The van der Waals surface area contributed by atoms with Crippen molar-refractivity contribution >= 4 is 22.0 Å². The Balaban J connectivity index is 1.68. The number of carbonyl (C=O) groups is 2. The van der Waals surface area contributed by atoms with Crippen LogP contribution in [0.5, 0.6) is 0 Å². The van der Waals surface area contributed by atoms with E-state index in [1.165, 1.54) is 0 Å². The number of hydrogen-bond acceptors (Lipinski definition) is 6. The normalized spacial score (nSPS) is 13.3. The van der Waals surface area contributed by atoms with Crippen molar-refractivity contribution in [1.82, 2.24) is 9.62 Å². The molecule has 0 aliphatic rings. The second-order valence-electron chi connectivity index (χ2n) is 12.4. The lowest BCUT2D eigenvalue weighted by atomic mass is 9.93. The summed E-state index contributed by atoms with van der Waals surface area (Å²) in [5.74, 6) is -0.368. The number of ether oxygens (including phenoxy) is 1. The molecule has 0 fully saturated rings. The molecule has 0 radical (unpaired) electrons. The molecule has 0 bridgehead atoms. The fourth-order valence-corrected chi connectivity index (χ4v) is 5.58. The number of nitrogens with zero attached hydrogens (tertiary/aromatic N) is 1. The first-order chi connectivity index (χ1) is 20.1. The van der Waals surface area contributed by atoms with Crippen molar-refractivity contribution in [3.63, 3.8) is 0 Å². The predicted octanol–water partition coefficient (Wildman–Crippen LogP) is 6.14. The van der Waals surface area contributed by atoms with Crippen LogP contribution in [-0.2, 0) is 27.6 Å². The van der Waals surface area contributed by atoms with Gasteiger partial charge in [-0.05, 0) is 73.9 Å². The first-order valence-corrected chi connectivity index (χ1v) is 16.4. The molecule has 0 aliphatic heterocycles. The van der Waals surface area contributed by atoms with E-state index in [0.29, 0.717) is 18.4 Å². The molecule has 0 saturated heterocycles. The second-order valence-corrected chi connectivity index (χ2v) is 14.1. The summed E-state index contributed by atoms with van der Waals surface area (Å²) in [6.07, 6.45) is 0.759.